The van der Waals surface area contributed by atoms with E-state index in [-0.39, 0.29) is 17.9 Å². The molecule has 1 unspecified atom stereocenters. The van der Waals surface area contributed by atoms with Crippen molar-refractivity contribution in [3.63, 3.8) is 0 Å². The van der Waals surface area contributed by atoms with E-state index < -0.39 is 0 Å². The summed E-state index contributed by atoms with van der Waals surface area (Å²) in [6.45, 7) is 9.08. The summed E-state index contributed by atoms with van der Waals surface area (Å²) in [4.78, 5) is 2.29. The third kappa shape index (κ3) is 3.09. The summed E-state index contributed by atoms with van der Waals surface area (Å²) in [5, 5.41) is 17.6. The predicted octanol–water partition coefficient (Wildman–Crippen LogP) is 1.79. The molecule has 1 aromatic rings. The SMILES string of the molecule is CC(C)c1nnc(CN2CCCC(C)(CO)C2)o1. The van der Waals surface area contributed by atoms with E-state index in [0.29, 0.717) is 18.3 Å². The largest absolute Gasteiger partial charge is 0.424 e. The molecule has 2 heterocycles. The number of aliphatic hydroxyl groups excluding tert-OH is 1. The van der Waals surface area contributed by atoms with Gasteiger partial charge in [0.1, 0.15) is 0 Å². The maximum absolute atomic E-state index is 9.43. The van der Waals surface area contributed by atoms with Crippen LogP contribution in [-0.2, 0) is 6.54 Å². The van der Waals surface area contributed by atoms with Crippen LogP contribution in [0.15, 0.2) is 4.42 Å². The van der Waals surface area contributed by atoms with Crippen LogP contribution in [0.1, 0.15) is 51.3 Å². The van der Waals surface area contributed by atoms with E-state index in [1.807, 2.05) is 13.8 Å². The van der Waals surface area contributed by atoms with Gasteiger partial charge in [0.25, 0.3) is 0 Å². The molecule has 0 saturated carbocycles. The molecule has 1 aromatic heterocycles. The second-order valence-electron chi connectivity index (χ2n) is 5.97. The Morgan fingerprint density at radius 3 is 2.83 bits per heavy atom. The lowest BCUT2D eigenvalue weighted by Gasteiger charge is -2.38. The van der Waals surface area contributed by atoms with Crippen LogP contribution < -0.4 is 0 Å². The normalized spacial score (nSPS) is 25.8. The van der Waals surface area contributed by atoms with Gasteiger partial charge in [-0.3, -0.25) is 4.90 Å². The molecular weight excluding hydrogens is 230 g/mol. The number of piperidine rings is 1. The van der Waals surface area contributed by atoms with Gasteiger partial charge in [0.2, 0.25) is 11.8 Å². The van der Waals surface area contributed by atoms with Gasteiger partial charge < -0.3 is 9.52 Å². The Labute approximate surface area is 108 Å². The van der Waals surface area contributed by atoms with Crippen molar-refractivity contribution < 1.29 is 9.52 Å². The maximum atomic E-state index is 9.43. The number of nitrogens with zero attached hydrogens (tertiary/aromatic N) is 3. The molecule has 1 N–H and O–H groups in total. The number of aliphatic hydroxyl groups is 1. The molecule has 0 radical (unpaired) electrons. The number of rotatable bonds is 4. The Morgan fingerprint density at radius 2 is 2.22 bits per heavy atom. The third-order valence-electron chi connectivity index (χ3n) is 3.58. The van der Waals surface area contributed by atoms with Crippen molar-refractivity contribution in [2.45, 2.75) is 46.1 Å². The minimum absolute atomic E-state index is 0.0130. The molecule has 0 spiro atoms. The molecule has 1 saturated heterocycles. The molecule has 102 valence electrons. The fourth-order valence-corrected chi connectivity index (χ4v) is 2.45. The van der Waals surface area contributed by atoms with E-state index >= 15 is 0 Å². The van der Waals surface area contributed by atoms with Crippen LogP contribution in [0.3, 0.4) is 0 Å². The highest BCUT2D eigenvalue weighted by Crippen LogP contribution is 2.29. The van der Waals surface area contributed by atoms with E-state index in [1.54, 1.807) is 0 Å². The smallest absolute Gasteiger partial charge is 0.230 e. The number of hydrogen-bond donors (Lipinski definition) is 1. The van der Waals surface area contributed by atoms with E-state index in [1.165, 1.54) is 0 Å². The molecule has 1 aliphatic heterocycles. The van der Waals surface area contributed by atoms with Crippen molar-refractivity contribution in [2.24, 2.45) is 5.41 Å². The van der Waals surface area contributed by atoms with Crippen LogP contribution in [0.2, 0.25) is 0 Å². The summed E-state index contributed by atoms with van der Waals surface area (Å²) >= 11 is 0. The Kier molecular flexibility index (Phi) is 4.02. The predicted molar refractivity (Wildman–Crippen MR) is 68.1 cm³/mol. The van der Waals surface area contributed by atoms with Gasteiger partial charge in [0, 0.05) is 24.5 Å². The van der Waals surface area contributed by atoms with Crippen LogP contribution in [0.5, 0.6) is 0 Å². The van der Waals surface area contributed by atoms with Gasteiger partial charge in [0.15, 0.2) is 0 Å². The standard InChI is InChI=1S/C13H23N3O2/c1-10(2)12-15-14-11(18-12)7-16-6-4-5-13(3,8-16)9-17/h10,17H,4-9H2,1-3H3. The third-order valence-corrected chi connectivity index (χ3v) is 3.58. The molecule has 0 aromatic carbocycles. The van der Waals surface area contributed by atoms with Gasteiger partial charge in [0.05, 0.1) is 6.54 Å². The van der Waals surface area contributed by atoms with Crippen molar-refractivity contribution in [3.8, 4) is 0 Å². The van der Waals surface area contributed by atoms with Gasteiger partial charge in [-0.05, 0) is 19.4 Å². The van der Waals surface area contributed by atoms with Crippen LogP contribution in [0.25, 0.3) is 0 Å². The lowest BCUT2D eigenvalue weighted by molar-refractivity contribution is 0.0389. The van der Waals surface area contributed by atoms with Crippen molar-refractivity contribution in [2.75, 3.05) is 19.7 Å². The molecular formula is C13H23N3O2. The molecule has 1 atom stereocenters. The zero-order valence-electron chi connectivity index (χ0n) is 11.5. The number of likely N-dealkylation sites (tertiary alicyclic amines) is 1. The van der Waals surface area contributed by atoms with E-state index in [2.05, 4.69) is 22.0 Å². The highest BCUT2D eigenvalue weighted by Gasteiger charge is 2.30. The second-order valence-corrected chi connectivity index (χ2v) is 5.97. The van der Waals surface area contributed by atoms with Crippen LogP contribution in [0.4, 0.5) is 0 Å². The first-order valence-electron chi connectivity index (χ1n) is 6.68. The number of aromatic nitrogens is 2. The quantitative estimate of drug-likeness (QED) is 0.886. The fourth-order valence-electron chi connectivity index (χ4n) is 2.45. The molecule has 1 fully saturated rings. The van der Waals surface area contributed by atoms with Crippen molar-refractivity contribution >= 4 is 0 Å². The average molecular weight is 253 g/mol. The van der Waals surface area contributed by atoms with Crippen molar-refractivity contribution in [1.29, 1.82) is 0 Å². The van der Waals surface area contributed by atoms with Gasteiger partial charge in [-0.2, -0.15) is 0 Å². The van der Waals surface area contributed by atoms with Crippen molar-refractivity contribution in [1.82, 2.24) is 15.1 Å². The van der Waals surface area contributed by atoms with Gasteiger partial charge in [-0.1, -0.05) is 20.8 Å². The first-order chi connectivity index (χ1) is 8.52. The van der Waals surface area contributed by atoms with Gasteiger partial charge in [-0.25, -0.2) is 0 Å². The highest BCUT2D eigenvalue weighted by atomic mass is 16.4. The molecule has 0 aliphatic carbocycles. The summed E-state index contributed by atoms with van der Waals surface area (Å²) in [5.74, 6) is 1.66. The topological polar surface area (TPSA) is 62.4 Å². The van der Waals surface area contributed by atoms with E-state index in [0.717, 1.165) is 25.9 Å². The first-order valence-corrected chi connectivity index (χ1v) is 6.68. The van der Waals surface area contributed by atoms with Gasteiger partial charge >= 0.3 is 0 Å². The molecule has 5 nitrogen and oxygen atoms in total. The Balaban J connectivity index is 1.96. The lowest BCUT2D eigenvalue weighted by Crippen LogP contribution is -2.43. The minimum atomic E-state index is 0.0130. The Morgan fingerprint density at radius 1 is 1.44 bits per heavy atom. The Hall–Kier alpha value is -0.940. The van der Waals surface area contributed by atoms with Crippen LogP contribution in [-0.4, -0.2) is 39.9 Å². The van der Waals surface area contributed by atoms with E-state index in [4.69, 9.17) is 4.42 Å². The molecule has 0 amide bonds. The van der Waals surface area contributed by atoms with Crippen LogP contribution >= 0.6 is 0 Å². The fraction of sp³-hybridized carbons (Fsp3) is 0.846. The summed E-state index contributed by atoms with van der Waals surface area (Å²) in [6.07, 6.45) is 2.20. The molecule has 5 heteroatoms. The maximum Gasteiger partial charge on any atom is 0.230 e. The zero-order chi connectivity index (χ0) is 13.2. The zero-order valence-corrected chi connectivity index (χ0v) is 11.5. The van der Waals surface area contributed by atoms with Crippen molar-refractivity contribution in [3.05, 3.63) is 11.8 Å². The van der Waals surface area contributed by atoms with Gasteiger partial charge in [-0.15, -0.1) is 10.2 Å². The molecule has 1 aliphatic rings. The lowest BCUT2D eigenvalue weighted by atomic mass is 9.83. The van der Waals surface area contributed by atoms with Crippen LogP contribution in [0, 0.1) is 5.41 Å². The summed E-state index contributed by atoms with van der Waals surface area (Å²) < 4.78 is 5.62. The number of hydrogen-bond acceptors (Lipinski definition) is 5. The summed E-state index contributed by atoms with van der Waals surface area (Å²) in [5.41, 5.74) is 0.0130. The Bertz CT molecular complexity index is 391. The van der Waals surface area contributed by atoms with E-state index in [9.17, 15) is 5.11 Å². The summed E-state index contributed by atoms with van der Waals surface area (Å²) in [6, 6.07) is 0. The minimum Gasteiger partial charge on any atom is -0.424 e. The first kappa shape index (κ1) is 13.5. The summed E-state index contributed by atoms with van der Waals surface area (Å²) in [7, 11) is 0. The monoisotopic (exact) mass is 253 g/mol. The highest BCUT2D eigenvalue weighted by molar-refractivity contribution is 4.89. The second kappa shape index (κ2) is 5.36. The molecule has 0 bridgehead atoms. The molecule has 18 heavy (non-hydrogen) atoms. The molecule has 2 rings (SSSR count). The average Bonchev–Trinajstić information content (AvgIpc) is 2.78.